The number of aromatic nitrogens is 2. The first-order valence-electron chi connectivity index (χ1n) is 10.9. The van der Waals surface area contributed by atoms with Crippen LogP contribution in [0.15, 0.2) is 108 Å². The third kappa shape index (κ3) is 4.66. The second kappa shape index (κ2) is 10.2. The van der Waals surface area contributed by atoms with Crippen LogP contribution in [0.2, 0.25) is 0 Å². The Morgan fingerprint density at radius 2 is 1.38 bits per heavy atom. The molecule has 0 saturated heterocycles. The van der Waals surface area contributed by atoms with Crippen LogP contribution in [0.3, 0.4) is 0 Å². The SMILES string of the molecule is NC(=O)c1nccn(CC(O)COC(c2ccccc2)(c2ccccc2)c2ccccc2)c1=O. The van der Waals surface area contributed by atoms with Crippen LogP contribution in [0.5, 0.6) is 0 Å². The number of amides is 1. The largest absolute Gasteiger partial charge is 0.389 e. The van der Waals surface area contributed by atoms with Crippen molar-refractivity contribution in [3.63, 3.8) is 0 Å². The highest BCUT2D eigenvalue weighted by atomic mass is 16.5. The topological polar surface area (TPSA) is 107 Å². The number of rotatable bonds is 9. The molecule has 4 rings (SSSR count). The molecule has 1 aromatic heterocycles. The predicted octanol–water partition coefficient (Wildman–Crippen LogP) is 2.71. The van der Waals surface area contributed by atoms with Gasteiger partial charge in [-0.1, -0.05) is 91.0 Å². The third-order valence-corrected chi connectivity index (χ3v) is 5.59. The highest BCUT2D eigenvalue weighted by Crippen LogP contribution is 2.40. The summed E-state index contributed by atoms with van der Waals surface area (Å²) in [6.07, 6.45) is 1.66. The molecule has 0 radical (unpaired) electrons. The fourth-order valence-corrected chi connectivity index (χ4v) is 4.03. The molecule has 3 aromatic carbocycles. The minimum absolute atomic E-state index is 0.0840. The summed E-state index contributed by atoms with van der Waals surface area (Å²) in [6.45, 7) is -0.171. The molecule has 7 heteroatoms. The third-order valence-electron chi connectivity index (χ3n) is 5.59. The van der Waals surface area contributed by atoms with Crippen molar-refractivity contribution in [2.75, 3.05) is 6.61 Å². The van der Waals surface area contributed by atoms with Gasteiger partial charge in [-0.3, -0.25) is 9.59 Å². The van der Waals surface area contributed by atoms with E-state index in [1.54, 1.807) is 0 Å². The van der Waals surface area contributed by atoms with Gasteiger partial charge in [-0.15, -0.1) is 0 Å². The predicted molar refractivity (Wildman–Crippen MR) is 128 cm³/mol. The Labute approximate surface area is 197 Å². The monoisotopic (exact) mass is 455 g/mol. The van der Waals surface area contributed by atoms with E-state index < -0.39 is 23.2 Å². The van der Waals surface area contributed by atoms with Gasteiger partial charge in [0.05, 0.1) is 19.3 Å². The van der Waals surface area contributed by atoms with Crippen molar-refractivity contribution < 1.29 is 14.6 Å². The number of benzene rings is 3. The molecule has 7 nitrogen and oxygen atoms in total. The standard InChI is InChI=1S/C27H25N3O4/c28-25(32)24-26(33)30(17-16-29-24)18-23(31)19-34-27(20-10-4-1-5-11-20,21-12-6-2-7-13-21)22-14-8-3-9-15-22/h1-17,23,31H,18-19H2,(H2,28,32). The number of carbonyl (C=O) groups is 1. The van der Waals surface area contributed by atoms with Crippen molar-refractivity contribution in [2.45, 2.75) is 18.2 Å². The summed E-state index contributed by atoms with van der Waals surface area (Å²) in [4.78, 5) is 27.6. The molecule has 0 saturated carbocycles. The summed E-state index contributed by atoms with van der Waals surface area (Å²) in [7, 11) is 0. The van der Waals surface area contributed by atoms with Crippen LogP contribution in [0.4, 0.5) is 0 Å². The fourth-order valence-electron chi connectivity index (χ4n) is 4.03. The van der Waals surface area contributed by atoms with Gasteiger partial charge in [-0.25, -0.2) is 4.98 Å². The molecule has 0 aliphatic carbocycles. The summed E-state index contributed by atoms with van der Waals surface area (Å²) in [5, 5.41) is 10.8. The highest BCUT2D eigenvalue weighted by Gasteiger charge is 2.38. The Morgan fingerprint density at radius 1 is 0.912 bits per heavy atom. The average molecular weight is 456 g/mol. The first-order chi connectivity index (χ1) is 16.5. The molecule has 1 heterocycles. The van der Waals surface area contributed by atoms with Gasteiger partial charge in [0.15, 0.2) is 5.69 Å². The molecule has 1 unspecified atom stereocenters. The highest BCUT2D eigenvalue weighted by molar-refractivity contribution is 5.90. The van der Waals surface area contributed by atoms with E-state index in [1.165, 1.54) is 17.0 Å². The van der Waals surface area contributed by atoms with Crippen LogP contribution in [0.25, 0.3) is 0 Å². The molecular weight excluding hydrogens is 430 g/mol. The van der Waals surface area contributed by atoms with Gasteiger partial charge >= 0.3 is 0 Å². The van der Waals surface area contributed by atoms with E-state index in [9.17, 15) is 14.7 Å². The Morgan fingerprint density at radius 3 is 1.82 bits per heavy atom. The maximum atomic E-state index is 12.5. The minimum atomic E-state index is -1.05. The number of nitrogens with zero attached hydrogens (tertiary/aromatic N) is 2. The van der Waals surface area contributed by atoms with Gasteiger partial charge in [0, 0.05) is 12.4 Å². The number of hydrogen-bond acceptors (Lipinski definition) is 5. The molecule has 1 amide bonds. The smallest absolute Gasteiger partial charge is 0.282 e. The summed E-state index contributed by atoms with van der Waals surface area (Å²) < 4.78 is 7.77. The Hall–Kier alpha value is -4.07. The molecule has 172 valence electrons. The Balaban J connectivity index is 1.71. The van der Waals surface area contributed by atoms with Crippen LogP contribution < -0.4 is 11.3 Å². The molecule has 0 spiro atoms. The normalized spacial score (nSPS) is 12.3. The van der Waals surface area contributed by atoms with Crippen molar-refractivity contribution in [2.24, 2.45) is 5.73 Å². The fraction of sp³-hybridized carbons (Fsp3) is 0.148. The molecule has 1 atom stereocenters. The van der Waals surface area contributed by atoms with Crippen molar-refractivity contribution >= 4 is 5.91 Å². The number of nitrogens with two attached hydrogens (primary N) is 1. The average Bonchev–Trinajstić information content (AvgIpc) is 2.87. The molecule has 0 fully saturated rings. The zero-order valence-electron chi connectivity index (χ0n) is 18.5. The van der Waals surface area contributed by atoms with E-state index in [4.69, 9.17) is 10.5 Å². The van der Waals surface area contributed by atoms with E-state index in [0.29, 0.717) is 0 Å². The molecule has 34 heavy (non-hydrogen) atoms. The lowest BCUT2D eigenvalue weighted by molar-refractivity contribution is -0.0425. The van der Waals surface area contributed by atoms with Crippen LogP contribution >= 0.6 is 0 Å². The van der Waals surface area contributed by atoms with Gasteiger partial charge in [-0.2, -0.15) is 0 Å². The summed E-state index contributed by atoms with van der Waals surface area (Å²) in [5.41, 5.74) is 5.90. The molecular formula is C27H25N3O4. The van der Waals surface area contributed by atoms with Crippen LogP contribution in [0, 0.1) is 0 Å². The minimum Gasteiger partial charge on any atom is -0.389 e. The first kappa shape index (κ1) is 23.1. The van der Waals surface area contributed by atoms with Crippen molar-refractivity contribution in [3.8, 4) is 0 Å². The number of aliphatic hydroxyl groups is 1. The van der Waals surface area contributed by atoms with Crippen molar-refractivity contribution in [1.82, 2.24) is 9.55 Å². The lowest BCUT2D eigenvalue weighted by Crippen LogP contribution is -2.38. The van der Waals surface area contributed by atoms with Gasteiger partial charge < -0.3 is 20.1 Å². The number of hydrogen-bond donors (Lipinski definition) is 2. The van der Waals surface area contributed by atoms with E-state index in [-0.39, 0.29) is 18.8 Å². The molecule has 3 N–H and O–H groups in total. The molecule has 4 aromatic rings. The van der Waals surface area contributed by atoms with Gasteiger partial charge in [0.2, 0.25) is 0 Å². The van der Waals surface area contributed by atoms with Gasteiger partial charge in [0.1, 0.15) is 5.60 Å². The lowest BCUT2D eigenvalue weighted by atomic mass is 9.80. The summed E-state index contributed by atoms with van der Waals surface area (Å²) >= 11 is 0. The van der Waals surface area contributed by atoms with E-state index in [2.05, 4.69) is 4.98 Å². The van der Waals surface area contributed by atoms with Gasteiger partial charge in [-0.05, 0) is 16.7 Å². The zero-order chi connectivity index (χ0) is 24.0. The maximum Gasteiger partial charge on any atom is 0.282 e. The Bertz CT molecular complexity index is 1200. The number of primary amides is 1. The van der Waals surface area contributed by atoms with E-state index in [0.717, 1.165) is 16.7 Å². The maximum absolute atomic E-state index is 12.5. The second-order valence-corrected chi connectivity index (χ2v) is 7.84. The lowest BCUT2D eigenvalue weighted by Gasteiger charge is -2.36. The molecule has 0 bridgehead atoms. The zero-order valence-corrected chi connectivity index (χ0v) is 18.5. The van der Waals surface area contributed by atoms with Crippen LogP contribution in [0.1, 0.15) is 27.2 Å². The van der Waals surface area contributed by atoms with Crippen LogP contribution in [-0.4, -0.2) is 33.3 Å². The summed E-state index contributed by atoms with van der Waals surface area (Å²) in [5.74, 6) is -0.915. The second-order valence-electron chi connectivity index (χ2n) is 7.84. The molecule has 0 aliphatic heterocycles. The Kier molecular flexibility index (Phi) is 6.96. The van der Waals surface area contributed by atoms with E-state index >= 15 is 0 Å². The summed E-state index contributed by atoms with van der Waals surface area (Å²) in [6, 6.07) is 29.4. The van der Waals surface area contributed by atoms with Crippen LogP contribution in [-0.2, 0) is 16.9 Å². The van der Waals surface area contributed by atoms with Crippen molar-refractivity contribution in [1.29, 1.82) is 0 Å². The van der Waals surface area contributed by atoms with E-state index in [1.807, 2.05) is 91.0 Å². The molecule has 0 aliphatic rings. The number of ether oxygens (including phenoxy) is 1. The number of carbonyl (C=O) groups excluding carboxylic acids is 1. The van der Waals surface area contributed by atoms with Gasteiger partial charge in [0.25, 0.3) is 11.5 Å². The first-order valence-corrected chi connectivity index (χ1v) is 10.9. The number of aliphatic hydroxyl groups excluding tert-OH is 1. The quantitative estimate of drug-likeness (QED) is 0.378. The van der Waals surface area contributed by atoms with Crippen molar-refractivity contribution in [3.05, 3.63) is 136 Å².